The molecule has 0 saturated carbocycles. The Morgan fingerprint density at radius 1 is 1.28 bits per heavy atom. The summed E-state index contributed by atoms with van der Waals surface area (Å²) in [4.78, 5) is 20.3. The Balaban J connectivity index is 1.81. The lowest BCUT2D eigenvalue weighted by atomic mass is 10.1. The molecule has 5 heteroatoms. The molecule has 0 fully saturated rings. The van der Waals surface area contributed by atoms with Crippen LogP contribution in [0, 0.1) is 0 Å². The highest BCUT2D eigenvalue weighted by Gasteiger charge is 2.16. The van der Waals surface area contributed by atoms with Crippen molar-refractivity contribution in [3.63, 3.8) is 0 Å². The van der Waals surface area contributed by atoms with Crippen LogP contribution >= 0.6 is 0 Å². The quantitative estimate of drug-likeness (QED) is 0.503. The SMILES string of the molecule is C=CCCOC(C)C(=O)Nc1ccccc1-c1nc2ccccc2[nH]1. The first-order valence-electron chi connectivity index (χ1n) is 8.26. The number of fused-ring (bicyclic) bond motifs is 1. The number of rotatable bonds is 7. The Kier molecular flexibility index (Phi) is 5.26. The fourth-order valence-electron chi connectivity index (χ4n) is 2.52. The van der Waals surface area contributed by atoms with E-state index in [4.69, 9.17) is 4.74 Å². The van der Waals surface area contributed by atoms with Crippen molar-refractivity contribution in [1.82, 2.24) is 9.97 Å². The van der Waals surface area contributed by atoms with Crippen molar-refractivity contribution >= 4 is 22.6 Å². The minimum atomic E-state index is -0.538. The van der Waals surface area contributed by atoms with E-state index in [1.165, 1.54) is 0 Å². The number of imidazole rings is 1. The monoisotopic (exact) mass is 335 g/mol. The summed E-state index contributed by atoms with van der Waals surface area (Å²) in [5.74, 6) is 0.532. The molecular formula is C20H21N3O2. The summed E-state index contributed by atoms with van der Waals surface area (Å²) < 4.78 is 5.50. The lowest BCUT2D eigenvalue weighted by Crippen LogP contribution is -2.28. The number of nitrogens with one attached hydrogen (secondary N) is 2. The second kappa shape index (κ2) is 7.77. The molecule has 3 rings (SSSR count). The summed E-state index contributed by atoms with van der Waals surface area (Å²) in [6.07, 6.45) is 1.94. The Morgan fingerprint density at radius 2 is 2.04 bits per heavy atom. The van der Waals surface area contributed by atoms with Crippen molar-refractivity contribution in [2.24, 2.45) is 0 Å². The predicted octanol–water partition coefficient (Wildman–Crippen LogP) is 4.15. The zero-order chi connectivity index (χ0) is 17.6. The molecule has 128 valence electrons. The first kappa shape index (κ1) is 16.9. The molecule has 0 spiro atoms. The third kappa shape index (κ3) is 3.95. The van der Waals surface area contributed by atoms with Crippen LogP contribution in [-0.2, 0) is 9.53 Å². The third-order valence-corrected chi connectivity index (χ3v) is 3.89. The highest BCUT2D eigenvalue weighted by Crippen LogP contribution is 2.27. The van der Waals surface area contributed by atoms with Crippen molar-refractivity contribution in [1.29, 1.82) is 0 Å². The minimum absolute atomic E-state index is 0.187. The summed E-state index contributed by atoms with van der Waals surface area (Å²) in [5.41, 5.74) is 3.38. The number of benzene rings is 2. The number of amides is 1. The molecule has 1 unspecified atom stereocenters. The van der Waals surface area contributed by atoms with Crippen molar-refractivity contribution in [3.8, 4) is 11.4 Å². The molecule has 5 nitrogen and oxygen atoms in total. The van der Waals surface area contributed by atoms with Gasteiger partial charge in [-0.1, -0.05) is 30.3 Å². The highest BCUT2D eigenvalue weighted by molar-refractivity contribution is 5.97. The van der Waals surface area contributed by atoms with Gasteiger partial charge in [-0.05, 0) is 37.6 Å². The summed E-state index contributed by atoms with van der Waals surface area (Å²) in [7, 11) is 0. The molecule has 0 bridgehead atoms. The molecule has 0 aliphatic rings. The van der Waals surface area contributed by atoms with Gasteiger partial charge >= 0.3 is 0 Å². The third-order valence-electron chi connectivity index (χ3n) is 3.89. The number of aromatic nitrogens is 2. The van der Waals surface area contributed by atoms with Gasteiger partial charge in [0.15, 0.2) is 0 Å². The normalized spacial score (nSPS) is 12.0. The van der Waals surface area contributed by atoms with Gasteiger partial charge in [-0.15, -0.1) is 6.58 Å². The van der Waals surface area contributed by atoms with Crippen LogP contribution in [0.15, 0.2) is 61.2 Å². The molecule has 1 amide bonds. The van der Waals surface area contributed by atoms with Gasteiger partial charge in [-0.3, -0.25) is 4.79 Å². The lowest BCUT2D eigenvalue weighted by molar-refractivity contribution is -0.126. The summed E-state index contributed by atoms with van der Waals surface area (Å²) in [5, 5.41) is 2.93. The molecule has 1 atom stereocenters. The zero-order valence-electron chi connectivity index (χ0n) is 14.2. The number of H-pyrrole nitrogens is 1. The van der Waals surface area contributed by atoms with Gasteiger partial charge in [0, 0.05) is 5.56 Å². The summed E-state index contributed by atoms with van der Waals surface area (Å²) in [6.45, 7) is 5.86. The first-order valence-corrected chi connectivity index (χ1v) is 8.26. The largest absolute Gasteiger partial charge is 0.368 e. The Bertz CT molecular complexity index is 852. The molecule has 2 aromatic carbocycles. The van der Waals surface area contributed by atoms with Gasteiger partial charge in [0.2, 0.25) is 0 Å². The zero-order valence-corrected chi connectivity index (χ0v) is 14.2. The minimum Gasteiger partial charge on any atom is -0.368 e. The Hall–Kier alpha value is -2.92. The second-order valence-electron chi connectivity index (χ2n) is 5.73. The van der Waals surface area contributed by atoms with Crippen molar-refractivity contribution in [2.75, 3.05) is 11.9 Å². The van der Waals surface area contributed by atoms with Crippen LogP contribution < -0.4 is 5.32 Å². The smallest absolute Gasteiger partial charge is 0.253 e. The van der Waals surface area contributed by atoms with E-state index in [-0.39, 0.29) is 5.91 Å². The predicted molar refractivity (Wildman–Crippen MR) is 100 cm³/mol. The Labute approximate surface area is 146 Å². The summed E-state index contributed by atoms with van der Waals surface area (Å²) >= 11 is 0. The van der Waals surface area contributed by atoms with Gasteiger partial charge in [0.1, 0.15) is 11.9 Å². The maximum Gasteiger partial charge on any atom is 0.253 e. The van der Waals surface area contributed by atoms with Gasteiger partial charge in [-0.25, -0.2) is 4.98 Å². The van der Waals surface area contributed by atoms with E-state index in [1.54, 1.807) is 13.0 Å². The highest BCUT2D eigenvalue weighted by atomic mass is 16.5. The van der Waals surface area contributed by atoms with Gasteiger partial charge in [0.25, 0.3) is 5.91 Å². The van der Waals surface area contributed by atoms with Crippen molar-refractivity contribution < 1.29 is 9.53 Å². The van der Waals surface area contributed by atoms with Crippen LogP contribution in [0.1, 0.15) is 13.3 Å². The van der Waals surface area contributed by atoms with E-state index >= 15 is 0 Å². The van der Waals surface area contributed by atoms with Crippen LogP contribution in [0.4, 0.5) is 5.69 Å². The fraction of sp³-hybridized carbons (Fsp3) is 0.200. The van der Waals surface area contributed by atoms with E-state index < -0.39 is 6.10 Å². The van der Waals surface area contributed by atoms with Gasteiger partial charge in [-0.2, -0.15) is 0 Å². The maximum absolute atomic E-state index is 12.4. The molecule has 0 aliphatic heterocycles. The van der Waals surface area contributed by atoms with Crippen LogP contribution in [0.5, 0.6) is 0 Å². The molecule has 0 aliphatic carbocycles. The molecule has 2 N–H and O–H groups in total. The van der Waals surface area contributed by atoms with E-state index in [2.05, 4.69) is 21.9 Å². The average molecular weight is 335 g/mol. The molecule has 0 saturated heterocycles. The molecule has 0 radical (unpaired) electrons. The van der Waals surface area contributed by atoms with Gasteiger partial charge < -0.3 is 15.0 Å². The average Bonchev–Trinajstić information content (AvgIpc) is 3.06. The van der Waals surface area contributed by atoms with E-state index in [0.29, 0.717) is 18.7 Å². The molecular weight excluding hydrogens is 314 g/mol. The molecule has 3 aromatic rings. The maximum atomic E-state index is 12.4. The number of anilines is 1. The number of nitrogens with zero attached hydrogens (tertiary/aromatic N) is 1. The number of ether oxygens (including phenoxy) is 1. The van der Waals surface area contributed by atoms with E-state index in [9.17, 15) is 4.79 Å². The molecule has 25 heavy (non-hydrogen) atoms. The molecule has 1 aromatic heterocycles. The van der Waals surface area contributed by atoms with E-state index in [1.807, 2.05) is 48.5 Å². The number of hydrogen-bond donors (Lipinski definition) is 2. The number of carbonyl (C=O) groups is 1. The van der Waals surface area contributed by atoms with Crippen molar-refractivity contribution in [3.05, 3.63) is 61.2 Å². The summed E-state index contributed by atoms with van der Waals surface area (Å²) in [6, 6.07) is 15.4. The number of aromatic amines is 1. The number of hydrogen-bond acceptors (Lipinski definition) is 3. The number of carbonyl (C=O) groups excluding carboxylic acids is 1. The number of para-hydroxylation sites is 3. The van der Waals surface area contributed by atoms with E-state index in [0.717, 1.165) is 22.4 Å². The standard InChI is InChI=1S/C20H21N3O2/c1-3-4-13-25-14(2)20(24)23-16-10-6-5-9-15(16)19-21-17-11-7-8-12-18(17)22-19/h3,5-12,14H,1,4,13H2,2H3,(H,21,22)(H,23,24). The van der Waals surface area contributed by atoms with Crippen LogP contribution in [0.25, 0.3) is 22.4 Å². The van der Waals surface area contributed by atoms with Crippen LogP contribution in [0.3, 0.4) is 0 Å². The van der Waals surface area contributed by atoms with Crippen LogP contribution in [0.2, 0.25) is 0 Å². The molecule has 1 heterocycles. The lowest BCUT2D eigenvalue weighted by Gasteiger charge is -2.14. The second-order valence-corrected chi connectivity index (χ2v) is 5.73. The Morgan fingerprint density at radius 3 is 2.84 bits per heavy atom. The fourth-order valence-corrected chi connectivity index (χ4v) is 2.52. The van der Waals surface area contributed by atoms with Crippen molar-refractivity contribution in [2.45, 2.75) is 19.4 Å². The topological polar surface area (TPSA) is 67.0 Å². The van der Waals surface area contributed by atoms with Crippen LogP contribution in [-0.4, -0.2) is 28.6 Å². The first-order chi connectivity index (χ1) is 12.2. The van der Waals surface area contributed by atoms with Gasteiger partial charge in [0.05, 0.1) is 23.3 Å².